The van der Waals surface area contributed by atoms with Crippen LogP contribution in [0.15, 0.2) is 23.1 Å². The maximum Gasteiger partial charge on any atom is 0.0105 e. The maximum atomic E-state index is 5.60. The molecule has 0 fully saturated rings. The lowest BCUT2D eigenvalue weighted by atomic mass is 10.1. The molecule has 0 heterocycles. The fourth-order valence-corrected chi connectivity index (χ4v) is 2.35. The smallest absolute Gasteiger partial charge is 0.0105 e. The Labute approximate surface area is 91.1 Å². The first-order valence-electron chi connectivity index (χ1n) is 5.20. The number of thioether (sulfide) groups is 1. The van der Waals surface area contributed by atoms with E-state index in [1.54, 1.807) is 0 Å². The molecule has 0 aromatic heterocycles. The Bertz CT molecular complexity index is 284. The minimum Gasteiger partial charge on any atom is -0.330 e. The third-order valence-corrected chi connectivity index (χ3v) is 3.41. The van der Waals surface area contributed by atoms with Gasteiger partial charge in [0.25, 0.3) is 0 Å². The quantitative estimate of drug-likeness (QED) is 0.754. The average Bonchev–Trinajstić information content (AvgIpc) is 2.17. The molecule has 1 nitrogen and oxygen atoms in total. The molecule has 1 aromatic carbocycles. The molecular weight excluding hydrogens is 190 g/mol. The molecular formula is C12H19NS. The predicted octanol–water partition coefficient (Wildman–Crippen LogP) is 3.00. The molecule has 0 saturated heterocycles. The van der Waals surface area contributed by atoms with Crippen LogP contribution in [0.2, 0.25) is 0 Å². The molecule has 1 aromatic rings. The fourth-order valence-electron chi connectivity index (χ4n) is 1.41. The van der Waals surface area contributed by atoms with E-state index in [4.69, 9.17) is 5.73 Å². The van der Waals surface area contributed by atoms with Crippen molar-refractivity contribution >= 4 is 11.8 Å². The Morgan fingerprint density at radius 1 is 1.36 bits per heavy atom. The average molecular weight is 209 g/mol. The van der Waals surface area contributed by atoms with Crippen LogP contribution in [-0.4, -0.2) is 12.3 Å². The molecule has 0 aliphatic heterocycles. The van der Waals surface area contributed by atoms with E-state index >= 15 is 0 Å². The molecule has 0 spiro atoms. The zero-order valence-electron chi connectivity index (χ0n) is 9.05. The molecule has 0 radical (unpaired) electrons. The summed E-state index contributed by atoms with van der Waals surface area (Å²) in [6, 6.07) is 6.66. The lowest BCUT2D eigenvalue weighted by Crippen LogP contribution is -2.04. The molecule has 0 unspecified atom stereocenters. The summed E-state index contributed by atoms with van der Waals surface area (Å²) >= 11 is 1.94. The first kappa shape index (κ1) is 11.6. The van der Waals surface area contributed by atoms with Gasteiger partial charge in [0, 0.05) is 4.90 Å². The second kappa shape index (κ2) is 6.10. The number of aryl methyl sites for hydroxylation is 1. The van der Waals surface area contributed by atoms with Gasteiger partial charge in [-0.2, -0.15) is 0 Å². The number of nitrogens with two attached hydrogens (primary N) is 1. The van der Waals surface area contributed by atoms with E-state index in [-0.39, 0.29) is 0 Å². The van der Waals surface area contributed by atoms with Crippen molar-refractivity contribution in [3.05, 3.63) is 29.3 Å². The van der Waals surface area contributed by atoms with E-state index in [9.17, 15) is 0 Å². The highest BCUT2D eigenvalue weighted by molar-refractivity contribution is 7.99. The topological polar surface area (TPSA) is 26.0 Å². The van der Waals surface area contributed by atoms with E-state index in [1.165, 1.54) is 28.2 Å². The van der Waals surface area contributed by atoms with Crippen LogP contribution in [0.3, 0.4) is 0 Å². The van der Waals surface area contributed by atoms with Gasteiger partial charge < -0.3 is 5.73 Å². The fraction of sp³-hybridized carbons (Fsp3) is 0.500. The molecule has 1 rings (SSSR count). The Hall–Kier alpha value is -0.470. The van der Waals surface area contributed by atoms with Crippen molar-refractivity contribution in [1.82, 2.24) is 0 Å². The highest BCUT2D eigenvalue weighted by atomic mass is 32.2. The summed E-state index contributed by atoms with van der Waals surface area (Å²) in [5.74, 6) is 1.20. The van der Waals surface area contributed by atoms with Crippen molar-refractivity contribution in [3.8, 4) is 0 Å². The summed E-state index contributed by atoms with van der Waals surface area (Å²) in [7, 11) is 0. The zero-order chi connectivity index (χ0) is 10.4. The van der Waals surface area contributed by atoms with Crippen molar-refractivity contribution in [1.29, 1.82) is 0 Å². The van der Waals surface area contributed by atoms with Crippen LogP contribution in [0.4, 0.5) is 0 Å². The van der Waals surface area contributed by atoms with Gasteiger partial charge in [-0.15, -0.1) is 11.8 Å². The third-order valence-electron chi connectivity index (χ3n) is 2.09. The van der Waals surface area contributed by atoms with Gasteiger partial charge in [0.05, 0.1) is 0 Å². The monoisotopic (exact) mass is 209 g/mol. The van der Waals surface area contributed by atoms with Gasteiger partial charge in [-0.05, 0) is 43.7 Å². The molecule has 0 amide bonds. The van der Waals surface area contributed by atoms with E-state index in [1.807, 2.05) is 11.8 Å². The molecule has 2 heteroatoms. The predicted molar refractivity (Wildman–Crippen MR) is 65.0 cm³/mol. The number of hydrogen-bond donors (Lipinski definition) is 1. The van der Waals surface area contributed by atoms with Crippen molar-refractivity contribution in [2.45, 2.75) is 31.6 Å². The maximum absolute atomic E-state index is 5.60. The summed E-state index contributed by atoms with van der Waals surface area (Å²) in [6.07, 6.45) is 2.22. The highest BCUT2D eigenvalue weighted by Crippen LogP contribution is 2.24. The van der Waals surface area contributed by atoms with E-state index in [0.29, 0.717) is 0 Å². The molecule has 14 heavy (non-hydrogen) atoms. The Balaban J connectivity index is 2.78. The third kappa shape index (κ3) is 3.35. The van der Waals surface area contributed by atoms with Crippen LogP contribution in [0, 0.1) is 6.92 Å². The van der Waals surface area contributed by atoms with Crippen LogP contribution in [0.1, 0.15) is 24.5 Å². The van der Waals surface area contributed by atoms with Crippen LogP contribution < -0.4 is 5.73 Å². The standard InChI is InChI=1S/C12H19NS/c1-3-8-14-12-5-4-10(2)9-11(12)6-7-13/h4-5,9H,3,6-8,13H2,1-2H3. The Morgan fingerprint density at radius 3 is 2.79 bits per heavy atom. The molecule has 2 N–H and O–H groups in total. The minimum absolute atomic E-state index is 0.739. The van der Waals surface area contributed by atoms with Crippen LogP contribution in [0.5, 0.6) is 0 Å². The van der Waals surface area contributed by atoms with Crippen LogP contribution >= 0.6 is 11.8 Å². The zero-order valence-corrected chi connectivity index (χ0v) is 9.86. The number of benzene rings is 1. The van der Waals surface area contributed by atoms with Crippen LogP contribution in [-0.2, 0) is 6.42 Å². The summed E-state index contributed by atoms with van der Waals surface area (Å²) < 4.78 is 0. The summed E-state index contributed by atoms with van der Waals surface area (Å²) in [5, 5.41) is 0. The number of rotatable bonds is 5. The largest absolute Gasteiger partial charge is 0.330 e. The van der Waals surface area contributed by atoms with E-state index in [0.717, 1.165) is 13.0 Å². The second-order valence-electron chi connectivity index (χ2n) is 3.50. The van der Waals surface area contributed by atoms with Gasteiger partial charge in [-0.1, -0.05) is 24.6 Å². The van der Waals surface area contributed by atoms with Gasteiger partial charge in [-0.3, -0.25) is 0 Å². The van der Waals surface area contributed by atoms with Gasteiger partial charge >= 0.3 is 0 Å². The molecule has 0 atom stereocenters. The molecule has 0 aliphatic carbocycles. The SMILES string of the molecule is CCCSc1ccc(C)cc1CCN. The van der Waals surface area contributed by atoms with Gasteiger partial charge in [-0.25, -0.2) is 0 Å². The van der Waals surface area contributed by atoms with Crippen molar-refractivity contribution in [2.24, 2.45) is 5.73 Å². The first-order chi connectivity index (χ1) is 6.77. The first-order valence-corrected chi connectivity index (χ1v) is 6.19. The van der Waals surface area contributed by atoms with E-state index in [2.05, 4.69) is 32.0 Å². The highest BCUT2D eigenvalue weighted by Gasteiger charge is 2.01. The lowest BCUT2D eigenvalue weighted by molar-refractivity contribution is 0.941. The second-order valence-corrected chi connectivity index (χ2v) is 4.64. The van der Waals surface area contributed by atoms with Crippen molar-refractivity contribution in [3.63, 3.8) is 0 Å². The lowest BCUT2D eigenvalue weighted by Gasteiger charge is -2.08. The Kier molecular flexibility index (Phi) is 5.05. The van der Waals surface area contributed by atoms with Crippen molar-refractivity contribution in [2.75, 3.05) is 12.3 Å². The van der Waals surface area contributed by atoms with Crippen LogP contribution in [0.25, 0.3) is 0 Å². The van der Waals surface area contributed by atoms with Crippen molar-refractivity contribution < 1.29 is 0 Å². The Morgan fingerprint density at radius 2 is 2.14 bits per heavy atom. The molecule has 0 saturated carbocycles. The summed E-state index contributed by atoms with van der Waals surface area (Å²) in [5.41, 5.74) is 8.34. The van der Waals surface area contributed by atoms with Gasteiger partial charge in [0.2, 0.25) is 0 Å². The molecule has 0 bridgehead atoms. The van der Waals surface area contributed by atoms with E-state index < -0.39 is 0 Å². The summed E-state index contributed by atoms with van der Waals surface area (Å²) in [4.78, 5) is 1.41. The van der Waals surface area contributed by atoms with Gasteiger partial charge in [0.1, 0.15) is 0 Å². The number of hydrogen-bond acceptors (Lipinski definition) is 2. The minimum atomic E-state index is 0.739. The normalized spacial score (nSPS) is 10.5. The molecule has 0 aliphatic rings. The summed E-state index contributed by atoms with van der Waals surface area (Å²) in [6.45, 7) is 5.08. The van der Waals surface area contributed by atoms with Gasteiger partial charge in [0.15, 0.2) is 0 Å². The molecule has 78 valence electrons.